The fourth-order valence-electron chi connectivity index (χ4n) is 1.68. The number of amides is 1. The summed E-state index contributed by atoms with van der Waals surface area (Å²) in [5.41, 5.74) is 6.66. The maximum absolute atomic E-state index is 12.0. The van der Waals surface area contributed by atoms with Crippen LogP contribution in [-0.2, 0) is 0 Å². The van der Waals surface area contributed by atoms with Gasteiger partial charge >= 0.3 is 0 Å². The average molecular weight is 272 g/mol. The molecule has 1 aromatic carbocycles. The van der Waals surface area contributed by atoms with Crippen LogP contribution in [-0.4, -0.2) is 15.8 Å². The Morgan fingerprint density at radius 3 is 2.75 bits per heavy atom. The second kappa shape index (κ2) is 5.35. The molecule has 0 unspecified atom stereocenters. The third-order valence-corrected chi connectivity index (χ3v) is 2.71. The molecular formula is C13H12N4O3. The summed E-state index contributed by atoms with van der Waals surface area (Å²) >= 11 is 0. The fraction of sp³-hybridized carbons (Fsp3) is 0.0769. The van der Waals surface area contributed by atoms with Crippen molar-refractivity contribution < 1.29 is 9.72 Å². The van der Waals surface area contributed by atoms with E-state index in [4.69, 9.17) is 5.73 Å². The summed E-state index contributed by atoms with van der Waals surface area (Å²) in [6.45, 7) is 1.63. The Labute approximate surface area is 114 Å². The molecule has 0 aliphatic carbocycles. The summed E-state index contributed by atoms with van der Waals surface area (Å²) in [5, 5.41) is 13.4. The number of carbonyl (C=O) groups excluding carboxylic acids is 1. The normalized spacial score (nSPS) is 10.1. The van der Waals surface area contributed by atoms with E-state index >= 15 is 0 Å². The van der Waals surface area contributed by atoms with Crippen molar-refractivity contribution in [1.29, 1.82) is 0 Å². The first-order valence-corrected chi connectivity index (χ1v) is 5.75. The van der Waals surface area contributed by atoms with Crippen LogP contribution in [0, 0.1) is 17.0 Å². The van der Waals surface area contributed by atoms with Crippen molar-refractivity contribution in [1.82, 2.24) is 4.98 Å². The molecule has 0 bridgehead atoms. The topological polar surface area (TPSA) is 111 Å². The van der Waals surface area contributed by atoms with Gasteiger partial charge in [0.2, 0.25) is 0 Å². The minimum absolute atomic E-state index is 0.0444. The number of rotatable bonds is 3. The summed E-state index contributed by atoms with van der Waals surface area (Å²) in [7, 11) is 0. The highest BCUT2D eigenvalue weighted by atomic mass is 16.6. The van der Waals surface area contributed by atoms with Gasteiger partial charge in [-0.15, -0.1) is 0 Å². The highest BCUT2D eigenvalue weighted by Gasteiger charge is 2.13. The monoisotopic (exact) mass is 272 g/mol. The zero-order valence-electron chi connectivity index (χ0n) is 10.7. The van der Waals surface area contributed by atoms with Crippen LogP contribution in [0.15, 0.2) is 36.5 Å². The first-order chi connectivity index (χ1) is 9.47. The van der Waals surface area contributed by atoms with Crippen molar-refractivity contribution in [3.63, 3.8) is 0 Å². The third kappa shape index (κ3) is 2.89. The fourth-order valence-corrected chi connectivity index (χ4v) is 1.68. The van der Waals surface area contributed by atoms with E-state index in [9.17, 15) is 14.9 Å². The number of benzene rings is 1. The molecular weight excluding hydrogens is 260 g/mol. The van der Waals surface area contributed by atoms with Gasteiger partial charge in [0.05, 0.1) is 4.92 Å². The number of carbonyl (C=O) groups is 1. The molecule has 0 spiro atoms. The molecule has 1 amide bonds. The summed E-state index contributed by atoms with van der Waals surface area (Å²) in [6, 6.07) is 7.43. The van der Waals surface area contributed by atoms with Crippen molar-refractivity contribution in [3.8, 4) is 0 Å². The zero-order chi connectivity index (χ0) is 14.7. The number of anilines is 2. The molecule has 0 saturated carbocycles. The average Bonchev–Trinajstić information content (AvgIpc) is 2.40. The predicted octanol–water partition coefficient (Wildman–Crippen LogP) is 2.13. The molecule has 0 aliphatic rings. The Morgan fingerprint density at radius 2 is 2.10 bits per heavy atom. The van der Waals surface area contributed by atoms with Gasteiger partial charge in [-0.1, -0.05) is 6.07 Å². The number of nitro benzene ring substituents is 1. The molecule has 1 heterocycles. The number of hydrogen-bond acceptors (Lipinski definition) is 5. The molecule has 20 heavy (non-hydrogen) atoms. The number of hydrogen-bond donors (Lipinski definition) is 2. The Bertz CT molecular complexity index is 685. The molecule has 0 radical (unpaired) electrons. The molecule has 2 aromatic rings. The Kier molecular flexibility index (Phi) is 3.60. The number of pyridine rings is 1. The van der Waals surface area contributed by atoms with Crippen LogP contribution in [0.2, 0.25) is 0 Å². The molecule has 1 aromatic heterocycles. The smallest absolute Gasteiger partial charge is 0.274 e. The number of nitrogens with two attached hydrogens (primary N) is 1. The molecule has 0 atom stereocenters. The van der Waals surface area contributed by atoms with Gasteiger partial charge in [-0.25, -0.2) is 4.98 Å². The van der Waals surface area contributed by atoms with Crippen LogP contribution in [0.5, 0.6) is 0 Å². The lowest BCUT2D eigenvalue weighted by Crippen LogP contribution is -2.12. The van der Waals surface area contributed by atoms with E-state index in [2.05, 4.69) is 10.3 Å². The predicted molar refractivity (Wildman–Crippen MR) is 74.4 cm³/mol. The van der Waals surface area contributed by atoms with Crippen LogP contribution in [0.3, 0.4) is 0 Å². The highest BCUT2D eigenvalue weighted by molar-refractivity contribution is 6.04. The summed E-state index contributed by atoms with van der Waals surface area (Å²) in [4.78, 5) is 26.1. The van der Waals surface area contributed by atoms with Crippen LogP contribution < -0.4 is 11.1 Å². The minimum atomic E-state index is -0.491. The number of aromatic nitrogens is 1. The standard InChI is InChI=1S/C13H12N4O3/c1-8-2-3-10(7-11(8)17(19)20)16-13(18)9-4-5-15-12(14)6-9/h2-7H,1H3,(H2,14,15)(H,16,18). The van der Waals surface area contributed by atoms with Gasteiger partial charge in [-0.2, -0.15) is 0 Å². The first-order valence-electron chi connectivity index (χ1n) is 5.75. The van der Waals surface area contributed by atoms with Gasteiger partial charge in [-0.3, -0.25) is 14.9 Å². The quantitative estimate of drug-likeness (QED) is 0.656. The Hall–Kier alpha value is -2.96. The Balaban J connectivity index is 2.24. The number of nitro groups is 1. The van der Waals surface area contributed by atoms with E-state index in [0.29, 0.717) is 16.8 Å². The molecule has 0 saturated heterocycles. The van der Waals surface area contributed by atoms with Crippen LogP contribution in [0.4, 0.5) is 17.2 Å². The molecule has 7 nitrogen and oxygen atoms in total. The van der Waals surface area contributed by atoms with Gasteiger partial charge in [0.15, 0.2) is 0 Å². The zero-order valence-corrected chi connectivity index (χ0v) is 10.7. The second-order valence-corrected chi connectivity index (χ2v) is 4.18. The maximum atomic E-state index is 12.0. The largest absolute Gasteiger partial charge is 0.384 e. The summed E-state index contributed by atoms with van der Waals surface area (Å²) < 4.78 is 0. The van der Waals surface area contributed by atoms with E-state index in [1.165, 1.54) is 24.4 Å². The molecule has 3 N–H and O–H groups in total. The van der Waals surface area contributed by atoms with Gasteiger partial charge in [0.1, 0.15) is 5.82 Å². The summed E-state index contributed by atoms with van der Waals surface area (Å²) in [6.07, 6.45) is 1.42. The second-order valence-electron chi connectivity index (χ2n) is 4.18. The van der Waals surface area contributed by atoms with Crippen LogP contribution in [0.1, 0.15) is 15.9 Å². The molecule has 0 fully saturated rings. The van der Waals surface area contributed by atoms with E-state index in [1.54, 1.807) is 19.1 Å². The minimum Gasteiger partial charge on any atom is -0.384 e. The maximum Gasteiger partial charge on any atom is 0.274 e. The molecule has 0 aliphatic heterocycles. The lowest BCUT2D eigenvalue weighted by Gasteiger charge is -2.06. The van der Waals surface area contributed by atoms with Gasteiger partial charge in [-0.05, 0) is 25.1 Å². The molecule has 102 valence electrons. The summed E-state index contributed by atoms with van der Waals surface area (Å²) in [5.74, 6) is -0.176. The Morgan fingerprint density at radius 1 is 1.35 bits per heavy atom. The van der Waals surface area contributed by atoms with Gasteiger partial charge in [0.25, 0.3) is 11.6 Å². The van der Waals surface area contributed by atoms with Crippen LogP contribution in [0.25, 0.3) is 0 Å². The van der Waals surface area contributed by atoms with Crippen LogP contribution >= 0.6 is 0 Å². The van der Waals surface area contributed by atoms with E-state index in [-0.39, 0.29) is 11.5 Å². The van der Waals surface area contributed by atoms with Gasteiger partial charge < -0.3 is 11.1 Å². The number of nitrogens with zero attached hydrogens (tertiary/aromatic N) is 2. The van der Waals surface area contributed by atoms with Crippen molar-refractivity contribution in [3.05, 3.63) is 57.8 Å². The molecule has 2 rings (SSSR count). The van der Waals surface area contributed by atoms with Crippen molar-refractivity contribution >= 4 is 23.1 Å². The lowest BCUT2D eigenvalue weighted by atomic mass is 10.1. The lowest BCUT2D eigenvalue weighted by molar-refractivity contribution is -0.385. The van der Waals surface area contributed by atoms with Crippen molar-refractivity contribution in [2.75, 3.05) is 11.1 Å². The van der Waals surface area contributed by atoms with Crippen molar-refractivity contribution in [2.24, 2.45) is 0 Å². The first kappa shape index (κ1) is 13.5. The molecule has 7 heteroatoms. The third-order valence-electron chi connectivity index (χ3n) is 2.71. The van der Waals surface area contributed by atoms with Crippen molar-refractivity contribution in [2.45, 2.75) is 6.92 Å². The van der Waals surface area contributed by atoms with Gasteiger partial charge in [0, 0.05) is 29.1 Å². The highest BCUT2D eigenvalue weighted by Crippen LogP contribution is 2.22. The number of aryl methyl sites for hydroxylation is 1. The van der Waals surface area contributed by atoms with E-state index in [0.717, 1.165) is 0 Å². The SMILES string of the molecule is Cc1ccc(NC(=O)c2ccnc(N)c2)cc1[N+](=O)[O-]. The number of nitrogen functional groups attached to an aromatic ring is 1. The number of nitrogens with one attached hydrogen (secondary N) is 1. The van der Waals surface area contributed by atoms with E-state index in [1.807, 2.05) is 0 Å². The van der Waals surface area contributed by atoms with E-state index < -0.39 is 10.8 Å².